The number of hydrogen-bond donors (Lipinski definition) is 1. The lowest BCUT2D eigenvalue weighted by Gasteiger charge is -2.19. The van der Waals surface area contributed by atoms with Crippen LogP contribution >= 0.6 is 0 Å². The zero-order chi connectivity index (χ0) is 14.2. The van der Waals surface area contributed by atoms with Crippen molar-refractivity contribution in [3.05, 3.63) is 71.2 Å². The van der Waals surface area contributed by atoms with Crippen LogP contribution in [0.25, 0.3) is 10.9 Å². The Morgan fingerprint density at radius 1 is 1.05 bits per heavy atom. The van der Waals surface area contributed by atoms with Crippen LogP contribution in [0.3, 0.4) is 0 Å². The Morgan fingerprint density at radius 3 is 2.81 bits per heavy atom. The van der Waals surface area contributed by atoms with Crippen molar-refractivity contribution in [3.8, 4) is 0 Å². The van der Waals surface area contributed by atoms with Gasteiger partial charge in [0, 0.05) is 23.5 Å². The van der Waals surface area contributed by atoms with E-state index >= 15 is 0 Å². The van der Waals surface area contributed by atoms with Crippen molar-refractivity contribution in [3.63, 3.8) is 0 Å². The summed E-state index contributed by atoms with van der Waals surface area (Å²) >= 11 is 0. The first-order valence-corrected chi connectivity index (χ1v) is 7.40. The Kier molecular flexibility index (Phi) is 2.93. The zero-order valence-electron chi connectivity index (χ0n) is 11.8. The van der Waals surface area contributed by atoms with Crippen molar-refractivity contribution >= 4 is 10.9 Å². The van der Waals surface area contributed by atoms with Gasteiger partial charge in [0.25, 0.3) is 0 Å². The van der Waals surface area contributed by atoms with Gasteiger partial charge >= 0.3 is 0 Å². The normalized spacial score (nSPS) is 15.1. The average Bonchev–Trinajstić information content (AvgIpc) is 3.00. The van der Waals surface area contributed by atoms with Crippen LogP contribution in [0.1, 0.15) is 34.8 Å². The van der Waals surface area contributed by atoms with Gasteiger partial charge in [-0.1, -0.05) is 24.3 Å². The Bertz CT molecular complexity index is 796. The molecule has 3 nitrogen and oxygen atoms in total. The molecule has 0 fully saturated rings. The predicted molar refractivity (Wildman–Crippen MR) is 84.0 cm³/mol. The monoisotopic (exact) mass is 275 g/mol. The third-order valence-electron chi connectivity index (χ3n) is 4.32. The number of rotatable bonds is 2. The molecule has 0 radical (unpaired) electrons. The van der Waals surface area contributed by atoms with E-state index < -0.39 is 0 Å². The van der Waals surface area contributed by atoms with E-state index in [-0.39, 0.29) is 6.04 Å². The smallest absolute Gasteiger partial charge is 0.0709 e. The molecule has 0 amide bonds. The van der Waals surface area contributed by atoms with E-state index in [2.05, 4.69) is 23.2 Å². The summed E-state index contributed by atoms with van der Waals surface area (Å²) in [5, 5.41) is 1.18. The summed E-state index contributed by atoms with van der Waals surface area (Å²) in [5.41, 5.74) is 12.5. The minimum atomic E-state index is -0.140. The molecular weight excluding hydrogens is 258 g/mol. The van der Waals surface area contributed by atoms with Crippen molar-refractivity contribution in [1.82, 2.24) is 9.97 Å². The number of fused-ring (bicyclic) bond motifs is 2. The molecule has 1 atom stereocenters. The fourth-order valence-electron chi connectivity index (χ4n) is 3.33. The van der Waals surface area contributed by atoms with Gasteiger partial charge in [-0.25, -0.2) is 0 Å². The SMILES string of the molecule is NC(c1cccnc1)c1c2c(nc3ccccc13)CCC2. The number of aromatic nitrogens is 2. The maximum absolute atomic E-state index is 6.59. The molecular formula is C18H17N3. The van der Waals surface area contributed by atoms with E-state index in [9.17, 15) is 0 Å². The minimum absolute atomic E-state index is 0.140. The van der Waals surface area contributed by atoms with Gasteiger partial charge in [0.1, 0.15) is 0 Å². The van der Waals surface area contributed by atoms with Gasteiger partial charge in [-0.2, -0.15) is 0 Å². The van der Waals surface area contributed by atoms with E-state index in [1.807, 2.05) is 24.4 Å². The standard InChI is InChI=1S/C18H17N3/c19-18(12-5-4-10-20-11-12)17-13-6-1-2-8-15(13)21-16-9-3-7-14(16)17/h1-2,4-6,8,10-11,18H,3,7,9,19H2. The summed E-state index contributed by atoms with van der Waals surface area (Å²) in [6.45, 7) is 0. The van der Waals surface area contributed by atoms with E-state index in [0.29, 0.717) is 0 Å². The number of aryl methyl sites for hydroxylation is 1. The number of nitrogens with zero attached hydrogens (tertiary/aromatic N) is 2. The fraction of sp³-hybridized carbons (Fsp3) is 0.222. The molecule has 3 aromatic rings. The second-order valence-electron chi connectivity index (χ2n) is 5.59. The molecule has 0 bridgehead atoms. The number of hydrogen-bond acceptors (Lipinski definition) is 3. The molecule has 0 spiro atoms. The second kappa shape index (κ2) is 4.93. The van der Waals surface area contributed by atoms with E-state index in [1.54, 1.807) is 6.20 Å². The highest BCUT2D eigenvalue weighted by Crippen LogP contribution is 2.35. The number of pyridine rings is 2. The molecule has 0 aliphatic heterocycles. The topological polar surface area (TPSA) is 51.8 Å². The fourth-order valence-corrected chi connectivity index (χ4v) is 3.33. The lowest BCUT2D eigenvalue weighted by Crippen LogP contribution is -2.15. The highest BCUT2D eigenvalue weighted by atomic mass is 14.7. The van der Waals surface area contributed by atoms with Crippen molar-refractivity contribution in [2.45, 2.75) is 25.3 Å². The lowest BCUT2D eigenvalue weighted by atomic mass is 9.92. The Balaban J connectivity index is 1.99. The molecule has 1 unspecified atom stereocenters. The highest BCUT2D eigenvalue weighted by molar-refractivity contribution is 5.85. The molecule has 1 aromatic carbocycles. The largest absolute Gasteiger partial charge is 0.320 e. The second-order valence-corrected chi connectivity index (χ2v) is 5.59. The molecule has 2 N–H and O–H groups in total. The third-order valence-corrected chi connectivity index (χ3v) is 4.32. The van der Waals surface area contributed by atoms with Gasteiger partial charge in [0.15, 0.2) is 0 Å². The summed E-state index contributed by atoms with van der Waals surface area (Å²) in [6.07, 6.45) is 6.96. The van der Waals surface area contributed by atoms with Crippen LogP contribution in [0.5, 0.6) is 0 Å². The van der Waals surface area contributed by atoms with Crippen molar-refractivity contribution in [2.24, 2.45) is 5.73 Å². The number of para-hydroxylation sites is 1. The first-order valence-electron chi connectivity index (χ1n) is 7.40. The van der Waals surface area contributed by atoms with Crippen molar-refractivity contribution < 1.29 is 0 Å². The van der Waals surface area contributed by atoms with Crippen molar-refractivity contribution in [1.29, 1.82) is 0 Å². The van der Waals surface area contributed by atoms with Crippen LogP contribution in [0, 0.1) is 0 Å². The van der Waals surface area contributed by atoms with Gasteiger partial charge in [-0.15, -0.1) is 0 Å². The molecule has 104 valence electrons. The van der Waals surface area contributed by atoms with E-state index in [1.165, 1.54) is 28.6 Å². The molecule has 0 saturated heterocycles. The minimum Gasteiger partial charge on any atom is -0.320 e. The van der Waals surface area contributed by atoms with Gasteiger partial charge < -0.3 is 5.73 Å². The molecule has 0 saturated carbocycles. The van der Waals surface area contributed by atoms with Gasteiger partial charge in [0.2, 0.25) is 0 Å². The van der Waals surface area contributed by atoms with Gasteiger partial charge in [0.05, 0.1) is 11.6 Å². The summed E-state index contributed by atoms with van der Waals surface area (Å²) < 4.78 is 0. The predicted octanol–water partition coefficient (Wildman–Crippen LogP) is 3.17. The van der Waals surface area contributed by atoms with Crippen LogP contribution in [-0.4, -0.2) is 9.97 Å². The first-order chi connectivity index (χ1) is 10.3. The first kappa shape index (κ1) is 12.5. The van der Waals surface area contributed by atoms with Gasteiger partial charge in [-0.05, 0) is 48.1 Å². The van der Waals surface area contributed by atoms with Crippen LogP contribution in [0.2, 0.25) is 0 Å². The zero-order valence-corrected chi connectivity index (χ0v) is 11.8. The molecule has 1 aliphatic carbocycles. The maximum atomic E-state index is 6.59. The van der Waals surface area contributed by atoms with Crippen LogP contribution in [-0.2, 0) is 12.8 Å². The van der Waals surface area contributed by atoms with Gasteiger partial charge in [-0.3, -0.25) is 9.97 Å². The molecule has 4 rings (SSSR count). The Hall–Kier alpha value is -2.26. The molecule has 21 heavy (non-hydrogen) atoms. The van der Waals surface area contributed by atoms with Crippen LogP contribution in [0.15, 0.2) is 48.8 Å². The highest BCUT2D eigenvalue weighted by Gasteiger charge is 2.23. The third kappa shape index (κ3) is 2.01. The molecule has 1 aliphatic rings. The summed E-state index contributed by atoms with van der Waals surface area (Å²) in [6, 6.07) is 12.2. The lowest BCUT2D eigenvalue weighted by molar-refractivity contribution is 0.845. The maximum Gasteiger partial charge on any atom is 0.0709 e. The van der Waals surface area contributed by atoms with Crippen LogP contribution < -0.4 is 5.73 Å². The molecule has 3 heteroatoms. The molecule has 2 aromatic heterocycles. The average molecular weight is 275 g/mol. The number of nitrogens with two attached hydrogens (primary N) is 1. The quantitative estimate of drug-likeness (QED) is 0.781. The van der Waals surface area contributed by atoms with E-state index in [4.69, 9.17) is 10.7 Å². The Morgan fingerprint density at radius 2 is 1.95 bits per heavy atom. The molecule has 2 heterocycles. The summed E-state index contributed by atoms with van der Waals surface area (Å²) in [7, 11) is 0. The summed E-state index contributed by atoms with van der Waals surface area (Å²) in [4.78, 5) is 9.03. The van der Waals surface area contributed by atoms with Crippen molar-refractivity contribution in [2.75, 3.05) is 0 Å². The number of benzene rings is 1. The summed E-state index contributed by atoms with van der Waals surface area (Å²) in [5.74, 6) is 0. The van der Waals surface area contributed by atoms with E-state index in [0.717, 1.165) is 23.9 Å². The Labute approximate surface area is 123 Å². The van der Waals surface area contributed by atoms with Crippen LogP contribution in [0.4, 0.5) is 0 Å².